The number of barbiturate groups is 1. The zero-order valence-corrected chi connectivity index (χ0v) is 18.3. The number of nitrogens with one attached hydrogen (secondary N) is 2. The quantitative estimate of drug-likeness (QED) is 0.550. The highest BCUT2D eigenvalue weighted by Crippen LogP contribution is 2.50. The molecule has 2 atom stereocenters. The number of hydrogen-bond donors (Lipinski definition) is 2. The number of rotatable bonds is 4. The van der Waals surface area contributed by atoms with Gasteiger partial charge in [-0.2, -0.15) is 0 Å². The van der Waals surface area contributed by atoms with E-state index in [0.717, 1.165) is 11.6 Å². The topological polar surface area (TPSA) is 158 Å². The Hall–Kier alpha value is -4.29. The Morgan fingerprint density at radius 2 is 1.58 bits per heavy atom. The monoisotopic (exact) mass is 460 g/mol. The molecule has 0 saturated carbocycles. The Balaban J connectivity index is 2.10. The van der Waals surface area contributed by atoms with Gasteiger partial charge in [0.2, 0.25) is 11.6 Å². The van der Waals surface area contributed by atoms with Crippen molar-refractivity contribution in [2.45, 2.75) is 11.5 Å². The lowest BCUT2D eigenvalue weighted by Crippen LogP contribution is -2.70. The van der Waals surface area contributed by atoms with Crippen LogP contribution in [0.1, 0.15) is 17.0 Å². The number of carbonyl (C=O) groups excluding carboxylic acids is 3. The van der Waals surface area contributed by atoms with Gasteiger partial charge in [-0.1, -0.05) is 0 Å². The first kappa shape index (κ1) is 21.9. The van der Waals surface area contributed by atoms with E-state index >= 15 is 0 Å². The van der Waals surface area contributed by atoms with Crippen molar-refractivity contribution < 1.29 is 33.3 Å². The number of aromatic amines is 1. The molecule has 33 heavy (non-hydrogen) atoms. The number of nitrogens with zero attached hydrogens (tertiary/aromatic N) is 2. The van der Waals surface area contributed by atoms with Crippen LogP contribution < -0.4 is 35.5 Å². The number of H-pyrrole nitrogens is 1. The fourth-order valence-electron chi connectivity index (χ4n) is 4.10. The Morgan fingerprint density at radius 1 is 0.970 bits per heavy atom. The van der Waals surface area contributed by atoms with E-state index in [4.69, 9.17) is 18.9 Å². The third-order valence-electron chi connectivity index (χ3n) is 5.77. The molecule has 1 saturated heterocycles. The van der Waals surface area contributed by atoms with Crippen LogP contribution in [0.5, 0.6) is 23.1 Å². The summed E-state index contributed by atoms with van der Waals surface area (Å²) in [4.78, 5) is 67.0. The number of amides is 4. The van der Waals surface area contributed by atoms with Crippen LogP contribution in [0.25, 0.3) is 0 Å². The van der Waals surface area contributed by atoms with Crippen molar-refractivity contribution in [3.8, 4) is 23.1 Å². The number of ether oxygens (including phenoxy) is 4. The van der Waals surface area contributed by atoms with Crippen molar-refractivity contribution in [1.29, 1.82) is 0 Å². The summed E-state index contributed by atoms with van der Waals surface area (Å²) in [5.74, 6) is -3.23. The molecule has 0 bridgehead atoms. The van der Waals surface area contributed by atoms with Crippen molar-refractivity contribution in [1.82, 2.24) is 19.8 Å². The largest absolute Gasteiger partial charge is 0.493 e. The average Bonchev–Trinajstić information content (AvgIpc) is 3.15. The summed E-state index contributed by atoms with van der Waals surface area (Å²) in [6.45, 7) is 0. The average molecular weight is 460 g/mol. The molecule has 1 aromatic heterocycles. The van der Waals surface area contributed by atoms with Gasteiger partial charge in [0.1, 0.15) is 0 Å². The summed E-state index contributed by atoms with van der Waals surface area (Å²) >= 11 is 0. The van der Waals surface area contributed by atoms with Crippen LogP contribution in [0, 0.1) is 0 Å². The number of hydrogen-bond acceptors (Lipinski definition) is 9. The number of likely N-dealkylation sites (N-methyl/N-ethyl adjacent to an activating group) is 1. The molecule has 2 unspecified atom stereocenters. The van der Waals surface area contributed by atoms with E-state index in [1.165, 1.54) is 40.5 Å². The van der Waals surface area contributed by atoms with E-state index in [-0.39, 0.29) is 34.3 Å². The molecular formula is C20H20N4O9. The number of benzene rings is 1. The first-order valence-electron chi connectivity index (χ1n) is 9.58. The molecule has 13 nitrogen and oxygen atoms in total. The lowest BCUT2D eigenvalue weighted by atomic mass is 9.77. The minimum Gasteiger partial charge on any atom is -0.493 e. The van der Waals surface area contributed by atoms with Gasteiger partial charge < -0.3 is 18.9 Å². The maximum Gasteiger partial charge on any atom is 0.330 e. The van der Waals surface area contributed by atoms with Gasteiger partial charge in [-0.3, -0.25) is 34.2 Å². The van der Waals surface area contributed by atoms with Crippen LogP contribution in [0.15, 0.2) is 21.7 Å². The third-order valence-corrected chi connectivity index (χ3v) is 5.77. The van der Waals surface area contributed by atoms with E-state index < -0.39 is 40.6 Å². The van der Waals surface area contributed by atoms with E-state index in [1.54, 1.807) is 0 Å². The van der Waals surface area contributed by atoms with Crippen LogP contribution >= 0.6 is 0 Å². The van der Waals surface area contributed by atoms with E-state index in [0.29, 0.717) is 4.90 Å². The third kappa shape index (κ3) is 2.81. The van der Waals surface area contributed by atoms with E-state index in [9.17, 15) is 24.0 Å². The number of methoxy groups -OCH3 is 3. The van der Waals surface area contributed by atoms with Gasteiger partial charge >= 0.3 is 11.7 Å². The number of urea groups is 1. The van der Waals surface area contributed by atoms with Crippen molar-refractivity contribution in [2.24, 2.45) is 7.05 Å². The van der Waals surface area contributed by atoms with Gasteiger partial charge in [-0.25, -0.2) is 9.59 Å². The lowest BCUT2D eigenvalue weighted by Gasteiger charge is -2.37. The molecule has 1 spiro atoms. The van der Waals surface area contributed by atoms with Crippen LogP contribution in [0.2, 0.25) is 0 Å². The lowest BCUT2D eigenvalue weighted by molar-refractivity contribution is -0.157. The molecule has 4 amide bonds. The summed E-state index contributed by atoms with van der Waals surface area (Å²) in [7, 11) is 6.53. The van der Waals surface area contributed by atoms with Crippen molar-refractivity contribution >= 4 is 17.8 Å². The second-order valence-electron chi connectivity index (χ2n) is 7.39. The molecule has 1 aromatic carbocycles. The zero-order valence-electron chi connectivity index (χ0n) is 18.3. The molecular weight excluding hydrogens is 440 g/mol. The number of aromatic nitrogens is 2. The van der Waals surface area contributed by atoms with Crippen LogP contribution in [0.4, 0.5) is 4.79 Å². The summed E-state index contributed by atoms with van der Waals surface area (Å²) in [6, 6.07) is 1.95. The smallest absolute Gasteiger partial charge is 0.330 e. The molecule has 4 rings (SSSR count). The van der Waals surface area contributed by atoms with Gasteiger partial charge in [-0.05, 0) is 17.7 Å². The molecule has 13 heteroatoms. The maximum atomic E-state index is 13.4. The predicted molar refractivity (Wildman–Crippen MR) is 110 cm³/mol. The molecule has 2 aliphatic rings. The standard InChI is InChI=1S/C20H20N4O9/c1-23-15(25)11-12(8-6-9(30-3)13(32-5)10(7-8)31-4)20(33-14(11)21-18(23)28)16(26)22-19(29)24(2)17(20)27/h6-7,12H,1-5H3,(H,21,28)(H,22,26,29). The van der Waals surface area contributed by atoms with Gasteiger partial charge in [0.15, 0.2) is 11.5 Å². The first-order valence-corrected chi connectivity index (χ1v) is 9.58. The van der Waals surface area contributed by atoms with Gasteiger partial charge in [0, 0.05) is 14.1 Å². The molecule has 3 heterocycles. The molecule has 2 N–H and O–H groups in total. The van der Waals surface area contributed by atoms with Gasteiger partial charge in [0.05, 0.1) is 32.8 Å². The zero-order chi connectivity index (χ0) is 24.2. The Labute approximate surface area is 185 Å². The first-order chi connectivity index (χ1) is 15.6. The SMILES string of the molecule is COc1cc(C2c3c([nH]c(=O)n(C)c3=O)OC23C(=O)NC(=O)N(C)C3=O)cc(OC)c1OC. The highest BCUT2D eigenvalue weighted by molar-refractivity contribution is 6.23. The van der Waals surface area contributed by atoms with E-state index in [2.05, 4.69) is 10.3 Å². The van der Waals surface area contributed by atoms with Gasteiger partial charge in [0.25, 0.3) is 23.0 Å². The minimum absolute atomic E-state index is 0.155. The molecule has 0 radical (unpaired) electrons. The fraction of sp³-hybridized carbons (Fsp3) is 0.350. The normalized spacial score (nSPS) is 21.5. The number of imide groups is 2. The number of carbonyl (C=O) groups is 3. The second-order valence-corrected chi connectivity index (χ2v) is 7.39. The summed E-state index contributed by atoms with van der Waals surface area (Å²) in [5.41, 5.74) is -3.94. The highest BCUT2D eigenvalue weighted by atomic mass is 16.5. The van der Waals surface area contributed by atoms with Crippen LogP contribution in [0.3, 0.4) is 0 Å². The van der Waals surface area contributed by atoms with E-state index in [1.807, 2.05) is 0 Å². The van der Waals surface area contributed by atoms with Crippen molar-refractivity contribution in [3.63, 3.8) is 0 Å². The molecule has 2 aliphatic heterocycles. The molecule has 0 aliphatic carbocycles. The number of fused-ring (bicyclic) bond motifs is 1. The Kier molecular flexibility index (Phi) is 4.91. The summed E-state index contributed by atoms with van der Waals surface area (Å²) in [5, 5.41) is 2.07. The summed E-state index contributed by atoms with van der Waals surface area (Å²) < 4.78 is 22.6. The maximum absolute atomic E-state index is 13.4. The van der Waals surface area contributed by atoms with Crippen molar-refractivity contribution in [3.05, 3.63) is 44.1 Å². The fourth-order valence-corrected chi connectivity index (χ4v) is 4.10. The summed E-state index contributed by atoms with van der Waals surface area (Å²) in [6.07, 6.45) is 0. The highest BCUT2D eigenvalue weighted by Gasteiger charge is 2.66. The second kappa shape index (κ2) is 7.39. The van der Waals surface area contributed by atoms with Crippen LogP contribution in [-0.2, 0) is 16.6 Å². The van der Waals surface area contributed by atoms with Gasteiger partial charge in [-0.15, -0.1) is 0 Å². The Bertz CT molecular complexity index is 1300. The minimum atomic E-state index is -2.40. The predicted octanol–water partition coefficient (Wildman–Crippen LogP) is -0.929. The molecule has 174 valence electrons. The van der Waals surface area contributed by atoms with Crippen LogP contribution in [-0.4, -0.2) is 66.3 Å². The molecule has 2 aromatic rings. The molecule has 1 fully saturated rings. The van der Waals surface area contributed by atoms with Crippen molar-refractivity contribution in [2.75, 3.05) is 28.4 Å². The Morgan fingerprint density at radius 3 is 2.12 bits per heavy atom.